The van der Waals surface area contributed by atoms with Crippen molar-refractivity contribution in [1.82, 2.24) is 4.90 Å². The molecule has 0 N–H and O–H groups in total. The van der Waals surface area contributed by atoms with E-state index in [9.17, 15) is 31.1 Å². The molecule has 1 aliphatic heterocycles. The van der Waals surface area contributed by atoms with Crippen LogP contribution in [0.4, 0.5) is 26.3 Å². The Morgan fingerprint density at radius 2 is 1.43 bits per heavy atom. The van der Waals surface area contributed by atoms with Gasteiger partial charge in [-0.1, -0.05) is 56.3 Å². The molecule has 9 heteroatoms. The zero-order valence-electron chi connectivity index (χ0n) is 25.4. The topological polar surface area (TPSA) is 29.5 Å². The maximum absolute atomic E-state index is 13.3. The van der Waals surface area contributed by atoms with E-state index in [4.69, 9.17) is 4.74 Å². The zero-order valence-corrected chi connectivity index (χ0v) is 25.4. The van der Waals surface area contributed by atoms with Crippen LogP contribution in [0.5, 0.6) is 0 Å². The lowest BCUT2D eigenvalue weighted by molar-refractivity contribution is -0.145. The predicted octanol–water partition coefficient (Wildman–Crippen LogP) is 10.0. The maximum Gasteiger partial charge on any atom is 0.416 e. The Kier molecular flexibility index (Phi) is 10.5. The molecule has 3 nitrogen and oxygen atoms in total. The standard InChI is InChI=1S/C35H39F6NO2/c1-5-44-33(43)32(17-22(2)3)29-19-27(25-10-14-31(15-11-25)35(39,40)41)18-28(20-29)26-7-6-16-42(21-26)23(4)24-8-12-30(13-9-24)34(36,37)38/h8-15,18-20,22-23,26,32H,5-7,16-17,21H2,1-4H3. The number of likely N-dealkylation sites (tertiary alicyclic amines) is 1. The van der Waals surface area contributed by atoms with E-state index in [1.165, 1.54) is 24.3 Å². The lowest BCUT2D eigenvalue weighted by Gasteiger charge is -2.37. The van der Waals surface area contributed by atoms with Crippen LogP contribution in [0, 0.1) is 5.92 Å². The molecule has 0 spiro atoms. The molecule has 0 bridgehead atoms. The van der Waals surface area contributed by atoms with Crippen LogP contribution >= 0.6 is 0 Å². The Labute approximate surface area is 255 Å². The highest BCUT2D eigenvalue weighted by Crippen LogP contribution is 2.39. The van der Waals surface area contributed by atoms with Crippen molar-refractivity contribution in [3.8, 4) is 11.1 Å². The number of alkyl halides is 6. The molecule has 3 aromatic carbocycles. The van der Waals surface area contributed by atoms with Gasteiger partial charge in [-0.2, -0.15) is 26.3 Å². The van der Waals surface area contributed by atoms with Gasteiger partial charge in [0.2, 0.25) is 0 Å². The molecule has 0 amide bonds. The van der Waals surface area contributed by atoms with Crippen molar-refractivity contribution >= 4 is 5.97 Å². The number of hydrogen-bond acceptors (Lipinski definition) is 3. The Morgan fingerprint density at radius 1 is 0.841 bits per heavy atom. The number of carbonyl (C=O) groups excluding carboxylic acids is 1. The van der Waals surface area contributed by atoms with Crippen molar-refractivity contribution in [2.24, 2.45) is 5.92 Å². The van der Waals surface area contributed by atoms with Crippen LogP contribution in [-0.4, -0.2) is 30.6 Å². The number of ether oxygens (including phenoxy) is 1. The van der Waals surface area contributed by atoms with Gasteiger partial charge >= 0.3 is 18.3 Å². The third kappa shape index (κ3) is 8.23. The molecule has 0 radical (unpaired) electrons. The van der Waals surface area contributed by atoms with Crippen LogP contribution in [0.15, 0.2) is 66.7 Å². The molecule has 3 aromatic rings. The minimum absolute atomic E-state index is 0.0516. The SMILES string of the molecule is CCOC(=O)C(CC(C)C)c1cc(-c2ccc(C(F)(F)F)cc2)cc(C2CCCN(C(C)c3ccc(C(F)(F)F)cc3)C2)c1. The summed E-state index contributed by atoms with van der Waals surface area (Å²) >= 11 is 0. The van der Waals surface area contributed by atoms with Crippen molar-refractivity contribution < 1.29 is 35.9 Å². The van der Waals surface area contributed by atoms with Crippen molar-refractivity contribution in [2.75, 3.05) is 19.7 Å². The van der Waals surface area contributed by atoms with Gasteiger partial charge in [0.25, 0.3) is 0 Å². The van der Waals surface area contributed by atoms with Crippen LogP contribution in [0.25, 0.3) is 11.1 Å². The summed E-state index contributed by atoms with van der Waals surface area (Å²) < 4.78 is 84.6. The Balaban J connectivity index is 1.70. The van der Waals surface area contributed by atoms with Crippen molar-refractivity contribution in [3.63, 3.8) is 0 Å². The Hall–Kier alpha value is -3.33. The monoisotopic (exact) mass is 619 g/mol. The Morgan fingerprint density at radius 3 is 1.98 bits per heavy atom. The summed E-state index contributed by atoms with van der Waals surface area (Å²) in [5.41, 5.74) is 2.43. The largest absolute Gasteiger partial charge is 0.466 e. The summed E-state index contributed by atoms with van der Waals surface area (Å²) in [6.07, 6.45) is -6.57. The minimum Gasteiger partial charge on any atom is -0.466 e. The highest BCUT2D eigenvalue weighted by Gasteiger charge is 2.32. The fourth-order valence-electron chi connectivity index (χ4n) is 6.01. The zero-order chi connectivity index (χ0) is 32.2. The molecule has 1 saturated heterocycles. The van der Waals surface area contributed by atoms with Gasteiger partial charge in [-0.25, -0.2) is 0 Å². The molecular formula is C35H39F6NO2. The lowest BCUT2D eigenvalue weighted by Crippen LogP contribution is -2.36. The van der Waals surface area contributed by atoms with E-state index in [0.29, 0.717) is 18.5 Å². The van der Waals surface area contributed by atoms with Crippen LogP contribution in [-0.2, 0) is 21.9 Å². The molecule has 3 atom stereocenters. The molecule has 1 aliphatic rings. The molecule has 3 unspecified atom stereocenters. The van der Waals surface area contributed by atoms with E-state index in [-0.39, 0.29) is 30.5 Å². The summed E-state index contributed by atoms with van der Waals surface area (Å²) in [4.78, 5) is 15.4. The van der Waals surface area contributed by atoms with Crippen molar-refractivity contribution in [2.45, 2.75) is 77.2 Å². The van der Waals surface area contributed by atoms with Gasteiger partial charge < -0.3 is 4.74 Å². The molecule has 44 heavy (non-hydrogen) atoms. The first-order valence-electron chi connectivity index (χ1n) is 15.1. The van der Waals surface area contributed by atoms with E-state index in [1.54, 1.807) is 6.92 Å². The maximum atomic E-state index is 13.3. The van der Waals surface area contributed by atoms with Crippen LogP contribution < -0.4 is 0 Å². The third-order valence-electron chi connectivity index (χ3n) is 8.40. The van der Waals surface area contributed by atoms with E-state index in [0.717, 1.165) is 65.9 Å². The van der Waals surface area contributed by atoms with Crippen molar-refractivity contribution in [1.29, 1.82) is 0 Å². The number of halogens is 6. The van der Waals surface area contributed by atoms with Gasteiger partial charge in [0.1, 0.15) is 0 Å². The number of rotatable bonds is 9. The molecule has 238 valence electrons. The number of piperidine rings is 1. The van der Waals surface area contributed by atoms with Gasteiger partial charge in [-0.05, 0) is 104 Å². The van der Waals surface area contributed by atoms with E-state index < -0.39 is 29.4 Å². The number of nitrogens with zero attached hydrogens (tertiary/aromatic N) is 1. The van der Waals surface area contributed by atoms with E-state index >= 15 is 0 Å². The summed E-state index contributed by atoms with van der Waals surface area (Å²) in [5, 5.41) is 0. The fourth-order valence-corrected chi connectivity index (χ4v) is 6.01. The van der Waals surface area contributed by atoms with Gasteiger partial charge in [-0.15, -0.1) is 0 Å². The van der Waals surface area contributed by atoms with Gasteiger partial charge in [0.05, 0.1) is 23.7 Å². The number of esters is 1. The molecule has 1 heterocycles. The second kappa shape index (κ2) is 13.8. The van der Waals surface area contributed by atoms with Crippen molar-refractivity contribution in [3.05, 3.63) is 94.5 Å². The quantitative estimate of drug-likeness (QED) is 0.176. The van der Waals surface area contributed by atoms with E-state index in [2.05, 4.69) is 4.90 Å². The minimum atomic E-state index is -4.45. The average molecular weight is 620 g/mol. The highest BCUT2D eigenvalue weighted by molar-refractivity contribution is 5.79. The van der Waals surface area contributed by atoms with Crippen LogP contribution in [0.3, 0.4) is 0 Å². The molecule has 0 saturated carbocycles. The first-order chi connectivity index (χ1) is 20.7. The summed E-state index contributed by atoms with van der Waals surface area (Å²) in [7, 11) is 0. The highest BCUT2D eigenvalue weighted by atomic mass is 19.4. The average Bonchev–Trinajstić information content (AvgIpc) is 2.98. The molecule has 4 rings (SSSR count). The van der Waals surface area contributed by atoms with Crippen LogP contribution in [0.1, 0.15) is 92.7 Å². The van der Waals surface area contributed by atoms with Gasteiger partial charge in [0, 0.05) is 12.6 Å². The molecule has 0 aromatic heterocycles. The smallest absolute Gasteiger partial charge is 0.416 e. The predicted molar refractivity (Wildman–Crippen MR) is 159 cm³/mol. The first kappa shape index (κ1) is 33.6. The third-order valence-corrected chi connectivity index (χ3v) is 8.40. The first-order valence-corrected chi connectivity index (χ1v) is 15.1. The molecular weight excluding hydrogens is 580 g/mol. The number of carbonyl (C=O) groups is 1. The summed E-state index contributed by atoms with van der Waals surface area (Å²) in [5.74, 6) is -0.625. The number of benzene rings is 3. The Bertz CT molecular complexity index is 1400. The summed E-state index contributed by atoms with van der Waals surface area (Å²) in [6.45, 7) is 9.44. The van der Waals surface area contributed by atoms with E-state index in [1.807, 2.05) is 39.0 Å². The normalized spacial score (nSPS) is 17.8. The molecule has 1 fully saturated rings. The molecule has 0 aliphatic carbocycles. The van der Waals surface area contributed by atoms with Gasteiger partial charge in [0.15, 0.2) is 0 Å². The fraction of sp³-hybridized carbons (Fsp3) is 0.457. The lowest BCUT2D eigenvalue weighted by atomic mass is 9.82. The van der Waals surface area contributed by atoms with Gasteiger partial charge in [-0.3, -0.25) is 9.69 Å². The second-order valence-corrected chi connectivity index (χ2v) is 12.0. The second-order valence-electron chi connectivity index (χ2n) is 12.0. The van der Waals surface area contributed by atoms with Crippen LogP contribution in [0.2, 0.25) is 0 Å². The summed E-state index contributed by atoms with van der Waals surface area (Å²) in [6, 6.07) is 16.1. The number of hydrogen-bond donors (Lipinski definition) is 0.